The van der Waals surface area contributed by atoms with E-state index in [1.165, 1.54) is 13.0 Å². The predicted molar refractivity (Wildman–Crippen MR) is 56.4 cm³/mol. The molecule has 0 unspecified atom stereocenters. The zero-order valence-electron chi connectivity index (χ0n) is 9.10. The van der Waals surface area contributed by atoms with Gasteiger partial charge in [-0.2, -0.15) is 0 Å². The third-order valence-electron chi connectivity index (χ3n) is 1.95. The van der Waals surface area contributed by atoms with Gasteiger partial charge in [-0.1, -0.05) is 0 Å². The Labute approximate surface area is 92.6 Å². The van der Waals surface area contributed by atoms with E-state index >= 15 is 0 Å². The summed E-state index contributed by atoms with van der Waals surface area (Å²) in [6.45, 7) is 1.26. The molecule has 86 valence electrons. The average molecular weight is 223 g/mol. The van der Waals surface area contributed by atoms with Crippen LogP contribution in [0.15, 0.2) is 24.2 Å². The number of nitrogens with zero attached hydrogens (tertiary/aromatic N) is 2. The molecule has 0 radical (unpaired) electrons. The van der Waals surface area contributed by atoms with Crippen molar-refractivity contribution in [3.63, 3.8) is 0 Å². The Morgan fingerprint density at radius 3 is 2.75 bits per heavy atom. The van der Waals surface area contributed by atoms with Crippen LogP contribution in [0.25, 0.3) is 0 Å². The molecule has 0 aliphatic heterocycles. The van der Waals surface area contributed by atoms with Gasteiger partial charge in [0.1, 0.15) is 11.5 Å². The van der Waals surface area contributed by atoms with Crippen molar-refractivity contribution in [2.45, 2.75) is 13.3 Å². The number of hydrogen-bond donors (Lipinski definition) is 2. The lowest BCUT2D eigenvalue weighted by molar-refractivity contribution is -0.134. The Hall–Kier alpha value is -2.11. The van der Waals surface area contributed by atoms with Gasteiger partial charge >= 0.3 is 5.97 Å². The van der Waals surface area contributed by atoms with Crippen LogP contribution in [0.1, 0.15) is 12.7 Å². The summed E-state index contributed by atoms with van der Waals surface area (Å²) in [6, 6.07) is 0. The summed E-state index contributed by atoms with van der Waals surface area (Å²) in [5.74, 6) is -0.845. The van der Waals surface area contributed by atoms with Crippen molar-refractivity contribution in [1.29, 1.82) is 0 Å². The van der Waals surface area contributed by atoms with Crippen molar-refractivity contribution < 1.29 is 14.7 Å². The molecule has 1 aromatic heterocycles. The van der Waals surface area contributed by atoms with E-state index in [2.05, 4.69) is 10.3 Å². The molecule has 0 fully saturated rings. The van der Waals surface area contributed by atoms with Gasteiger partial charge in [0.05, 0.1) is 0 Å². The molecule has 1 amide bonds. The highest BCUT2D eigenvalue weighted by Crippen LogP contribution is 1.99. The molecule has 0 saturated heterocycles. The summed E-state index contributed by atoms with van der Waals surface area (Å²) >= 11 is 0. The second kappa shape index (κ2) is 5.11. The van der Waals surface area contributed by atoms with E-state index in [4.69, 9.17) is 5.11 Å². The number of allylic oxidation sites excluding steroid dienone is 1. The van der Waals surface area contributed by atoms with E-state index in [1.54, 1.807) is 17.0 Å². The van der Waals surface area contributed by atoms with Gasteiger partial charge in [0.2, 0.25) is 5.91 Å². The summed E-state index contributed by atoms with van der Waals surface area (Å²) < 4.78 is 1.78. The van der Waals surface area contributed by atoms with E-state index in [-0.39, 0.29) is 5.70 Å². The normalized spacial score (nSPS) is 11.2. The third kappa shape index (κ3) is 3.23. The number of aryl methyl sites for hydroxylation is 1. The number of rotatable bonds is 4. The lowest BCUT2D eigenvalue weighted by Gasteiger charge is -2.03. The molecule has 16 heavy (non-hydrogen) atoms. The SMILES string of the molecule is CC(=O)N/C(=C/Cc1nccn1C)C(=O)O. The number of nitrogens with one attached hydrogen (secondary N) is 1. The lowest BCUT2D eigenvalue weighted by atomic mass is 10.3. The van der Waals surface area contributed by atoms with E-state index in [0.717, 1.165) is 5.82 Å². The number of aliphatic carboxylic acids is 1. The second-order valence-electron chi connectivity index (χ2n) is 3.26. The molecule has 1 aromatic rings. The predicted octanol–water partition coefficient (Wildman–Crippen LogP) is 0.0672. The Morgan fingerprint density at radius 1 is 1.62 bits per heavy atom. The highest BCUT2D eigenvalue weighted by molar-refractivity contribution is 5.91. The molecule has 0 aromatic carbocycles. The average Bonchev–Trinajstić information content (AvgIpc) is 2.57. The summed E-state index contributed by atoms with van der Waals surface area (Å²) in [6.07, 6.45) is 5.17. The van der Waals surface area contributed by atoms with E-state index in [0.29, 0.717) is 6.42 Å². The highest BCUT2D eigenvalue weighted by Gasteiger charge is 2.08. The largest absolute Gasteiger partial charge is 0.477 e. The van der Waals surface area contributed by atoms with E-state index in [9.17, 15) is 9.59 Å². The van der Waals surface area contributed by atoms with Gasteiger partial charge in [-0.25, -0.2) is 9.78 Å². The topological polar surface area (TPSA) is 84.2 Å². The van der Waals surface area contributed by atoms with Crippen LogP contribution in [0, 0.1) is 0 Å². The molecule has 6 heteroatoms. The maximum atomic E-state index is 10.8. The number of carbonyl (C=O) groups excluding carboxylic acids is 1. The van der Waals surface area contributed by atoms with Gasteiger partial charge in [0.15, 0.2) is 0 Å². The van der Waals surface area contributed by atoms with Gasteiger partial charge in [-0.15, -0.1) is 0 Å². The van der Waals surface area contributed by atoms with Crippen LogP contribution in [-0.4, -0.2) is 26.5 Å². The quantitative estimate of drug-likeness (QED) is 0.707. The number of carboxylic acid groups (broad SMARTS) is 1. The molecule has 0 atom stereocenters. The molecule has 6 nitrogen and oxygen atoms in total. The smallest absolute Gasteiger partial charge is 0.352 e. The highest BCUT2D eigenvalue weighted by atomic mass is 16.4. The Balaban J connectivity index is 2.76. The number of hydrogen-bond acceptors (Lipinski definition) is 3. The first-order chi connectivity index (χ1) is 7.50. The fraction of sp³-hybridized carbons (Fsp3) is 0.300. The maximum Gasteiger partial charge on any atom is 0.352 e. The molecule has 1 rings (SSSR count). The number of amides is 1. The van der Waals surface area contributed by atoms with Crippen molar-refractivity contribution in [3.05, 3.63) is 30.0 Å². The Bertz CT molecular complexity index is 434. The number of aromatic nitrogens is 2. The molecule has 2 N–H and O–H groups in total. The first kappa shape index (κ1) is 12.0. The summed E-state index contributed by atoms with van der Waals surface area (Å²) in [7, 11) is 1.81. The van der Waals surface area contributed by atoms with Crippen LogP contribution in [0.5, 0.6) is 0 Å². The van der Waals surface area contributed by atoms with Crippen molar-refractivity contribution in [1.82, 2.24) is 14.9 Å². The fourth-order valence-corrected chi connectivity index (χ4v) is 1.17. The zero-order chi connectivity index (χ0) is 12.1. The second-order valence-corrected chi connectivity index (χ2v) is 3.26. The van der Waals surface area contributed by atoms with Crippen LogP contribution in [-0.2, 0) is 23.1 Å². The Morgan fingerprint density at radius 2 is 2.31 bits per heavy atom. The fourth-order valence-electron chi connectivity index (χ4n) is 1.17. The zero-order valence-corrected chi connectivity index (χ0v) is 9.10. The summed E-state index contributed by atoms with van der Waals surface area (Å²) in [5.41, 5.74) is -0.129. The van der Waals surface area contributed by atoms with Crippen molar-refractivity contribution in [3.8, 4) is 0 Å². The van der Waals surface area contributed by atoms with Crippen molar-refractivity contribution in [2.75, 3.05) is 0 Å². The molecule has 0 bridgehead atoms. The first-order valence-electron chi connectivity index (χ1n) is 4.68. The summed E-state index contributed by atoms with van der Waals surface area (Å²) in [4.78, 5) is 25.6. The van der Waals surface area contributed by atoms with Gasteiger partial charge in [0, 0.05) is 32.8 Å². The van der Waals surface area contributed by atoms with E-state index < -0.39 is 11.9 Å². The van der Waals surface area contributed by atoms with Crippen molar-refractivity contribution in [2.24, 2.45) is 7.05 Å². The van der Waals surface area contributed by atoms with Crippen LogP contribution in [0.2, 0.25) is 0 Å². The molecular weight excluding hydrogens is 210 g/mol. The van der Waals surface area contributed by atoms with Gasteiger partial charge in [-0.05, 0) is 6.08 Å². The molecule has 0 aliphatic rings. The third-order valence-corrected chi connectivity index (χ3v) is 1.95. The number of carbonyl (C=O) groups is 2. The van der Waals surface area contributed by atoms with Crippen LogP contribution in [0.3, 0.4) is 0 Å². The number of carboxylic acids is 1. The molecule has 0 saturated carbocycles. The standard InChI is InChI=1S/C10H13N3O3/c1-7(14)12-8(10(15)16)3-4-9-11-5-6-13(9)2/h3,5-6H,4H2,1-2H3,(H,12,14)(H,15,16)/b8-3+. The minimum Gasteiger partial charge on any atom is -0.477 e. The minimum absolute atomic E-state index is 0.129. The van der Waals surface area contributed by atoms with Crippen LogP contribution >= 0.6 is 0 Å². The first-order valence-corrected chi connectivity index (χ1v) is 4.68. The van der Waals surface area contributed by atoms with Gasteiger partial charge in [0.25, 0.3) is 0 Å². The molecular formula is C10H13N3O3. The maximum absolute atomic E-state index is 10.8. The lowest BCUT2D eigenvalue weighted by Crippen LogP contribution is -2.25. The Kier molecular flexibility index (Phi) is 3.82. The number of imidazole rings is 1. The monoisotopic (exact) mass is 223 g/mol. The van der Waals surface area contributed by atoms with Gasteiger partial charge < -0.3 is 15.0 Å². The van der Waals surface area contributed by atoms with Crippen molar-refractivity contribution >= 4 is 11.9 Å². The summed E-state index contributed by atoms with van der Waals surface area (Å²) in [5, 5.41) is 11.1. The molecule has 0 aliphatic carbocycles. The van der Waals surface area contributed by atoms with Crippen LogP contribution < -0.4 is 5.32 Å². The van der Waals surface area contributed by atoms with Gasteiger partial charge in [-0.3, -0.25) is 4.79 Å². The van der Waals surface area contributed by atoms with Crippen LogP contribution in [0.4, 0.5) is 0 Å². The minimum atomic E-state index is -1.16. The molecule has 1 heterocycles. The van der Waals surface area contributed by atoms with E-state index in [1.807, 2.05) is 7.05 Å². The molecule has 0 spiro atoms.